The number of alkyl halides is 2. The Bertz CT molecular complexity index is 2060. The van der Waals surface area contributed by atoms with Gasteiger partial charge in [0, 0.05) is 42.0 Å². The van der Waals surface area contributed by atoms with Crippen molar-refractivity contribution < 1.29 is 31.5 Å². The first kappa shape index (κ1) is 34.7. The molecule has 0 bridgehead atoms. The van der Waals surface area contributed by atoms with Crippen molar-refractivity contribution in [3.05, 3.63) is 107 Å². The van der Waals surface area contributed by atoms with Crippen molar-refractivity contribution in [1.82, 2.24) is 19.0 Å². The van der Waals surface area contributed by atoms with Gasteiger partial charge in [-0.3, -0.25) is 14.3 Å². The second-order valence-electron chi connectivity index (χ2n) is 12.4. The average Bonchev–Trinajstić information content (AvgIpc) is 3.54. The summed E-state index contributed by atoms with van der Waals surface area (Å²) in [5.74, 6) is -4.32. The van der Waals surface area contributed by atoms with Crippen LogP contribution in [0.15, 0.2) is 79.0 Å². The Labute approximate surface area is 288 Å². The van der Waals surface area contributed by atoms with Gasteiger partial charge in [-0.05, 0) is 50.8 Å². The summed E-state index contributed by atoms with van der Waals surface area (Å²) in [6.07, 6.45) is 1.65. The first-order chi connectivity index (χ1) is 23.8. The summed E-state index contributed by atoms with van der Waals surface area (Å²) in [5, 5.41) is 16.7. The maximum atomic E-state index is 15.4. The average molecular weight is 704 g/mol. The Morgan fingerprint density at radius 3 is 2.44 bits per heavy atom. The van der Waals surface area contributed by atoms with Crippen LogP contribution in [0.1, 0.15) is 50.0 Å². The number of nitrogens with one attached hydrogen (secondary N) is 1. The van der Waals surface area contributed by atoms with E-state index in [2.05, 4.69) is 10.4 Å². The number of halogens is 2. The third-order valence-corrected chi connectivity index (χ3v) is 10.9. The smallest absolute Gasteiger partial charge is 0.298 e. The van der Waals surface area contributed by atoms with Crippen molar-refractivity contribution >= 4 is 33.2 Å². The van der Waals surface area contributed by atoms with E-state index in [0.717, 1.165) is 0 Å². The molecule has 2 atom stereocenters. The lowest BCUT2D eigenvalue weighted by Crippen LogP contribution is -2.60. The van der Waals surface area contributed by atoms with Crippen LogP contribution in [0.4, 0.5) is 20.2 Å². The zero-order valence-corrected chi connectivity index (χ0v) is 28.4. The molecule has 2 aliphatic rings. The Hall–Kier alpha value is -5.17. The summed E-state index contributed by atoms with van der Waals surface area (Å²) in [5.41, 5.74) is 0.267. The lowest BCUT2D eigenvalue weighted by Gasteiger charge is -2.46. The molecule has 2 amide bonds. The molecule has 3 heterocycles. The van der Waals surface area contributed by atoms with Crippen LogP contribution in [0.3, 0.4) is 0 Å². The molecule has 2 aliphatic heterocycles. The number of anilines is 2. The van der Waals surface area contributed by atoms with Gasteiger partial charge in [0.05, 0.1) is 42.4 Å². The number of benzene rings is 3. The van der Waals surface area contributed by atoms with Gasteiger partial charge in [0.2, 0.25) is 10.0 Å². The van der Waals surface area contributed by atoms with Crippen LogP contribution in [0.25, 0.3) is 0 Å². The minimum absolute atomic E-state index is 0.0438. The predicted octanol–water partition coefficient (Wildman–Crippen LogP) is 4.32. The quantitative estimate of drug-likeness (QED) is 0.258. The number of carbonyl (C=O) groups is 2. The number of hydrogen-bond donors (Lipinski definition) is 1. The zero-order valence-electron chi connectivity index (χ0n) is 27.6. The molecule has 0 spiro atoms. The Morgan fingerprint density at radius 1 is 1.08 bits per heavy atom. The molecule has 1 aromatic heterocycles. The molecule has 1 saturated heterocycles. The molecule has 1 fully saturated rings. The van der Waals surface area contributed by atoms with Crippen LogP contribution in [0.2, 0.25) is 0 Å². The molecule has 0 radical (unpaired) electrons. The zero-order chi connectivity index (χ0) is 35.8. The number of fused-ring (bicyclic) bond motifs is 3. The molecule has 0 saturated carbocycles. The van der Waals surface area contributed by atoms with Gasteiger partial charge < -0.3 is 19.9 Å². The molecule has 6 rings (SSSR count). The van der Waals surface area contributed by atoms with Gasteiger partial charge in [-0.2, -0.15) is 23.4 Å². The fourth-order valence-corrected chi connectivity index (χ4v) is 7.99. The van der Waals surface area contributed by atoms with Crippen LogP contribution in [-0.4, -0.2) is 91.9 Å². The minimum atomic E-state index is -3.70. The fourth-order valence-electron chi connectivity index (χ4n) is 6.38. The summed E-state index contributed by atoms with van der Waals surface area (Å²) < 4.78 is 65.7. The summed E-state index contributed by atoms with van der Waals surface area (Å²) in [6.45, 7) is 0.436. The molecular weight excluding hydrogens is 668 g/mol. The number of nitriles is 1. The molecular formula is C35H35F2N7O5S. The Balaban J connectivity index is 1.37. The van der Waals surface area contributed by atoms with Crippen molar-refractivity contribution in [3.63, 3.8) is 0 Å². The van der Waals surface area contributed by atoms with E-state index in [0.29, 0.717) is 18.7 Å². The number of rotatable bonds is 10. The van der Waals surface area contributed by atoms with E-state index in [-0.39, 0.29) is 58.2 Å². The molecule has 0 aliphatic carbocycles. The van der Waals surface area contributed by atoms with Gasteiger partial charge in [-0.1, -0.05) is 42.5 Å². The van der Waals surface area contributed by atoms with E-state index < -0.39 is 39.8 Å². The van der Waals surface area contributed by atoms with Crippen LogP contribution < -0.4 is 15.0 Å². The molecule has 50 heavy (non-hydrogen) atoms. The highest BCUT2D eigenvalue weighted by atomic mass is 32.2. The summed E-state index contributed by atoms with van der Waals surface area (Å²) in [6, 6.07) is 17.8. The topological polar surface area (TPSA) is 141 Å². The summed E-state index contributed by atoms with van der Waals surface area (Å²) >= 11 is 0. The molecule has 1 N–H and O–H groups in total. The Kier molecular flexibility index (Phi) is 9.45. The highest BCUT2D eigenvalue weighted by Gasteiger charge is 2.47. The highest BCUT2D eigenvalue weighted by molar-refractivity contribution is 7.89. The van der Waals surface area contributed by atoms with E-state index in [1.165, 1.54) is 93.9 Å². The normalized spacial score (nSPS) is 17.9. The number of piperidine rings is 1. The van der Waals surface area contributed by atoms with E-state index in [4.69, 9.17) is 4.74 Å². The number of methoxy groups -OCH3 is 1. The van der Waals surface area contributed by atoms with Crippen molar-refractivity contribution in [2.45, 2.75) is 24.4 Å². The van der Waals surface area contributed by atoms with Gasteiger partial charge in [0.25, 0.3) is 17.7 Å². The number of nitrogens with zero attached hydrogens (tertiary/aromatic N) is 6. The molecule has 15 heteroatoms. The lowest BCUT2D eigenvalue weighted by molar-refractivity contribution is 0.0428. The van der Waals surface area contributed by atoms with Crippen molar-refractivity contribution in [2.75, 3.05) is 56.8 Å². The van der Waals surface area contributed by atoms with E-state index in [1.54, 1.807) is 25.1 Å². The molecule has 3 aromatic carbocycles. The van der Waals surface area contributed by atoms with Crippen molar-refractivity contribution in [1.29, 1.82) is 5.26 Å². The summed E-state index contributed by atoms with van der Waals surface area (Å²) in [4.78, 5) is 31.0. The van der Waals surface area contributed by atoms with Crippen molar-refractivity contribution in [3.8, 4) is 11.8 Å². The second kappa shape index (κ2) is 13.6. The van der Waals surface area contributed by atoms with Gasteiger partial charge in [0.1, 0.15) is 11.8 Å². The molecule has 260 valence electrons. The molecule has 12 nitrogen and oxygen atoms in total. The lowest BCUT2D eigenvalue weighted by atomic mass is 9.94. The second-order valence-corrected chi connectivity index (χ2v) is 14.5. The molecule has 4 aromatic rings. The van der Waals surface area contributed by atoms with Gasteiger partial charge in [0.15, 0.2) is 5.69 Å². The van der Waals surface area contributed by atoms with Crippen LogP contribution in [0.5, 0.6) is 5.75 Å². The number of amides is 2. The monoisotopic (exact) mass is 703 g/mol. The SMILES string of the molecule is COc1ccc(C(=O)Nc2cnn3c2C(=O)N(c2ccc(C(F)(F)c4ccccc4)cc2)[C@H]2CN(S(=O)(=O)CCN(C)C)CC[C@@H]23)cc1C#N. The number of ether oxygens (including phenoxy) is 1. The first-order valence-electron chi connectivity index (χ1n) is 15.8. The first-order valence-corrected chi connectivity index (χ1v) is 17.4. The standard InChI is InChI=1S/C35H35F2N7O5S/c1-41(2)17-18-50(47,48)42-16-15-29-30(22-42)43(27-12-10-26(11-13-27)35(36,37)25-7-5-4-6-8-25)34(46)32-28(21-39-44(29)32)40-33(45)23-9-14-31(49-3)24(19-23)20-38/h4-14,19,21,29-30H,15-18,22H2,1-3H3,(H,40,45)/t29-,30-/m0/s1. The number of aromatic nitrogens is 2. The summed E-state index contributed by atoms with van der Waals surface area (Å²) in [7, 11) is 1.26. The number of carbonyl (C=O) groups excluding carboxylic acids is 2. The van der Waals surface area contributed by atoms with Gasteiger partial charge in [-0.15, -0.1) is 0 Å². The van der Waals surface area contributed by atoms with Crippen LogP contribution in [-0.2, 0) is 15.9 Å². The number of hydrogen-bond acceptors (Lipinski definition) is 8. The third kappa shape index (κ3) is 6.45. The van der Waals surface area contributed by atoms with Crippen LogP contribution >= 0.6 is 0 Å². The highest BCUT2D eigenvalue weighted by Crippen LogP contribution is 2.41. The van der Waals surface area contributed by atoms with Crippen LogP contribution in [0, 0.1) is 11.3 Å². The van der Waals surface area contributed by atoms with Crippen molar-refractivity contribution in [2.24, 2.45) is 0 Å². The number of sulfonamides is 1. The van der Waals surface area contributed by atoms with E-state index in [9.17, 15) is 23.3 Å². The van der Waals surface area contributed by atoms with Gasteiger partial charge >= 0.3 is 0 Å². The third-order valence-electron chi connectivity index (χ3n) is 9.04. The largest absolute Gasteiger partial charge is 0.495 e. The Morgan fingerprint density at radius 2 is 1.78 bits per heavy atom. The van der Waals surface area contributed by atoms with E-state index in [1.807, 2.05) is 6.07 Å². The maximum absolute atomic E-state index is 15.4. The minimum Gasteiger partial charge on any atom is -0.495 e. The fraction of sp³-hybridized carbons (Fsp3) is 0.314. The maximum Gasteiger partial charge on any atom is 0.298 e. The van der Waals surface area contributed by atoms with Gasteiger partial charge in [-0.25, -0.2) is 8.42 Å². The van der Waals surface area contributed by atoms with E-state index >= 15 is 8.78 Å². The predicted molar refractivity (Wildman–Crippen MR) is 182 cm³/mol. The molecule has 0 unspecified atom stereocenters.